The molecule has 1 aliphatic heterocycles. The topological polar surface area (TPSA) is 55.4 Å². The highest BCUT2D eigenvalue weighted by Gasteiger charge is 2.21. The molecular formula is C11H15NO3S. The van der Waals surface area contributed by atoms with E-state index in [1.54, 1.807) is 24.3 Å². The zero-order valence-corrected chi connectivity index (χ0v) is 9.96. The van der Waals surface area contributed by atoms with Gasteiger partial charge in [-0.2, -0.15) is 8.42 Å². The van der Waals surface area contributed by atoms with Crippen molar-refractivity contribution in [3.05, 3.63) is 29.8 Å². The summed E-state index contributed by atoms with van der Waals surface area (Å²) in [7, 11) is -3.59. The molecule has 1 saturated heterocycles. The minimum absolute atomic E-state index is 0.181. The van der Waals surface area contributed by atoms with Crippen molar-refractivity contribution in [2.45, 2.75) is 24.3 Å². The maximum absolute atomic E-state index is 11.7. The molecule has 1 aromatic rings. The van der Waals surface area contributed by atoms with Gasteiger partial charge in [0.25, 0.3) is 10.1 Å². The maximum atomic E-state index is 11.7. The standard InChI is InChI=1S/C11H15NO3S/c1-9-2-4-11(5-3-9)16(13,14)15-8-10-6-7-12-10/h2-5,10,12H,6-8H2,1H3. The fourth-order valence-corrected chi connectivity index (χ4v) is 2.38. The lowest BCUT2D eigenvalue weighted by Crippen LogP contribution is -2.46. The number of benzene rings is 1. The van der Waals surface area contributed by atoms with Crippen molar-refractivity contribution in [2.24, 2.45) is 0 Å². The Bertz CT molecular complexity index is 449. The van der Waals surface area contributed by atoms with Gasteiger partial charge in [0.1, 0.15) is 0 Å². The van der Waals surface area contributed by atoms with Crippen molar-refractivity contribution in [2.75, 3.05) is 13.2 Å². The van der Waals surface area contributed by atoms with Gasteiger partial charge < -0.3 is 5.32 Å². The Morgan fingerprint density at radius 3 is 2.50 bits per heavy atom. The van der Waals surface area contributed by atoms with E-state index in [0.29, 0.717) is 0 Å². The van der Waals surface area contributed by atoms with Crippen LogP contribution in [-0.2, 0) is 14.3 Å². The van der Waals surface area contributed by atoms with Gasteiger partial charge in [0.2, 0.25) is 0 Å². The predicted molar refractivity (Wildman–Crippen MR) is 60.7 cm³/mol. The van der Waals surface area contributed by atoms with Crippen LogP contribution in [0.2, 0.25) is 0 Å². The second-order valence-electron chi connectivity index (χ2n) is 3.99. The number of rotatable bonds is 4. The molecule has 5 heteroatoms. The van der Waals surface area contributed by atoms with Crippen molar-refractivity contribution < 1.29 is 12.6 Å². The molecular weight excluding hydrogens is 226 g/mol. The average molecular weight is 241 g/mol. The number of hydrogen-bond donors (Lipinski definition) is 1. The first-order chi connectivity index (χ1) is 7.58. The minimum Gasteiger partial charge on any atom is -0.312 e. The highest BCUT2D eigenvalue weighted by atomic mass is 32.2. The van der Waals surface area contributed by atoms with Crippen molar-refractivity contribution in [3.63, 3.8) is 0 Å². The smallest absolute Gasteiger partial charge is 0.297 e. The molecule has 1 N–H and O–H groups in total. The summed E-state index contributed by atoms with van der Waals surface area (Å²) in [4.78, 5) is 0.220. The summed E-state index contributed by atoms with van der Waals surface area (Å²) in [6.45, 7) is 3.07. The van der Waals surface area contributed by atoms with Gasteiger partial charge in [-0.25, -0.2) is 0 Å². The molecule has 88 valence electrons. The van der Waals surface area contributed by atoms with Crippen LogP contribution in [0.4, 0.5) is 0 Å². The van der Waals surface area contributed by atoms with E-state index in [-0.39, 0.29) is 17.5 Å². The molecule has 1 aromatic carbocycles. The molecule has 0 amide bonds. The van der Waals surface area contributed by atoms with E-state index in [2.05, 4.69) is 5.32 Å². The van der Waals surface area contributed by atoms with Crippen molar-refractivity contribution >= 4 is 10.1 Å². The summed E-state index contributed by atoms with van der Waals surface area (Å²) in [5.74, 6) is 0. The highest BCUT2D eigenvalue weighted by Crippen LogP contribution is 2.14. The Morgan fingerprint density at radius 2 is 2.00 bits per heavy atom. The van der Waals surface area contributed by atoms with Crippen LogP contribution in [0.15, 0.2) is 29.2 Å². The van der Waals surface area contributed by atoms with Crippen LogP contribution in [-0.4, -0.2) is 27.6 Å². The summed E-state index contributed by atoms with van der Waals surface area (Å²) < 4.78 is 28.4. The van der Waals surface area contributed by atoms with Crippen LogP contribution in [0.3, 0.4) is 0 Å². The fourth-order valence-electron chi connectivity index (χ4n) is 1.44. The van der Waals surface area contributed by atoms with Gasteiger partial charge in [-0.3, -0.25) is 4.18 Å². The normalized spacial score (nSPS) is 20.4. The van der Waals surface area contributed by atoms with E-state index in [1.165, 1.54) is 0 Å². The van der Waals surface area contributed by atoms with E-state index in [0.717, 1.165) is 18.5 Å². The Balaban J connectivity index is 2.02. The van der Waals surface area contributed by atoms with Crippen molar-refractivity contribution in [3.8, 4) is 0 Å². The van der Waals surface area contributed by atoms with Gasteiger partial charge in [0.05, 0.1) is 11.5 Å². The van der Waals surface area contributed by atoms with Gasteiger partial charge in [-0.1, -0.05) is 17.7 Å². The van der Waals surface area contributed by atoms with Crippen LogP contribution in [0.5, 0.6) is 0 Å². The Kier molecular flexibility index (Phi) is 3.28. The Morgan fingerprint density at radius 1 is 1.38 bits per heavy atom. The van der Waals surface area contributed by atoms with Crippen LogP contribution in [0.25, 0.3) is 0 Å². The Hall–Kier alpha value is -0.910. The molecule has 0 aromatic heterocycles. The summed E-state index contributed by atoms with van der Waals surface area (Å²) in [5, 5.41) is 3.09. The SMILES string of the molecule is Cc1ccc(S(=O)(=O)OCC2CCN2)cc1. The third kappa shape index (κ3) is 2.61. The fraction of sp³-hybridized carbons (Fsp3) is 0.455. The molecule has 1 heterocycles. The Labute approximate surface area is 95.7 Å². The summed E-state index contributed by atoms with van der Waals surface area (Å²) in [6.07, 6.45) is 0.976. The van der Waals surface area contributed by atoms with Gasteiger partial charge in [0, 0.05) is 6.04 Å². The molecule has 1 aliphatic rings. The zero-order valence-electron chi connectivity index (χ0n) is 9.14. The average Bonchev–Trinajstić information content (AvgIpc) is 2.15. The van der Waals surface area contributed by atoms with E-state index >= 15 is 0 Å². The second-order valence-corrected chi connectivity index (χ2v) is 5.61. The summed E-state index contributed by atoms with van der Waals surface area (Å²) in [6, 6.07) is 6.84. The van der Waals surface area contributed by atoms with Gasteiger partial charge >= 0.3 is 0 Å². The van der Waals surface area contributed by atoms with E-state index in [1.807, 2.05) is 6.92 Å². The lowest BCUT2D eigenvalue weighted by Gasteiger charge is -2.26. The maximum Gasteiger partial charge on any atom is 0.297 e. The lowest BCUT2D eigenvalue weighted by atomic mass is 10.1. The number of nitrogens with one attached hydrogen (secondary N) is 1. The lowest BCUT2D eigenvalue weighted by molar-refractivity contribution is 0.222. The van der Waals surface area contributed by atoms with Gasteiger partial charge in [0.15, 0.2) is 0 Å². The van der Waals surface area contributed by atoms with E-state index in [4.69, 9.17) is 4.18 Å². The predicted octanol–water partition coefficient (Wildman–Crippen LogP) is 1.06. The van der Waals surface area contributed by atoms with Crippen molar-refractivity contribution in [1.82, 2.24) is 5.32 Å². The molecule has 1 unspecified atom stereocenters. The van der Waals surface area contributed by atoms with Gasteiger partial charge in [-0.05, 0) is 32.0 Å². The quantitative estimate of drug-likeness (QED) is 0.801. The zero-order chi connectivity index (χ0) is 11.6. The first-order valence-corrected chi connectivity index (χ1v) is 6.68. The first kappa shape index (κ1) is 11.6. The molecule has 0 aliphatic carbocycles. The van der Waals surface area contributed by atoms with Crippen LogP contribution < -0.4 is 5.32 Å². The second kappa shape index (κ2) is 4.53. The van der Waals surface area contributed by atoms with E-state index < -0.39 is 10.1 Å². The molecule has 1 fully saturated rings. The molecule has 2 rings (SSSR count). The summed E-state index contributed by atoms with van der Waals surface area (Å²) >= 11 is 0. The molecule has 0 radical (unpaired) electrons. The third-order valence-electron chi connectivity index (χ3n) is 2.66. The van der Waals surface area contributed by atoms with Crippen LogP contribution in [0, 0.1) is 6.92 Å². The van der Waals surface area contributed by atoms with Crippen LogP contribution >= 0.6 is 0 Å². The third-order valence-corrected chi connectivity index (χ3v) is 3.96. The molecule has 0 bridgehead atoms. The molecule has 4 nitrogen and oxygen atoms in total. The van der Waals surface area contributed by atoms with Gasteiger partial charge in [-0.15, -0.1) is 0 Å². The van der Waals surface area contributed by atoms with Crippen LogP contribution in [0.1, 0.15) is 12.0 Å². The molecule has 0 saturated carbocycles. The van der Waals surface area contributed by atoms with E-state index in [9.17, 15) is 8.42 Å². The minimum atomic E-state index is -3.59. The largest absolute Gasteiger partial charge is 0.312 e. The molecule has 0 spiro atoms. The first-order valence-electron chi connectivity index (χ1n) is 5.27. The number of hydrogen-bond acceptors (Lipinski definition) is 4. The monoisotopic (exact) mass is 241 g/mol. The molecule has 1 atom stereocenters. The number of aryl methyl sites for hydroxylation is 1. The summed E-state index contributed by atoms with van der Waals surface area (Å²) in [5.41, 5.74) is 1.03. The molecule has 16 heavy (non-hydrogen) atoms. The van der Waals surface area contributed by atoms with Crippen molar-refractivity contribution in [1.29, 1.82) is 0 Å². The highest BCUT2D eigenvalue weighted by molar-refractivity contribution is 7.86.